The van der Waals surface area contributed by atoms with Crippen molar-refractivity contribution in [3.05, 3.63) is 0 Å². The Morgan fingerprint density at radius 2 is 1.62 bits per heavy atom. The minimum atomic E-state index is -0.210. The van der Waals surface area contributed by atoms with Crippen molar-refractivity contribution < 1.29 is 14.4 Å². The second kappa shape index (κ2) is 8.96. The van der Waals surface area contributed by atoms with E-state index in [-0.39, 0.29) is 42.4 Å². The molecule has 4 heteroatoms. The molecule has 0 aromatic carbocycles. The summed E-state index contributed by atoms with van der Waals surface area (Å²) in [7, 11) is 0. The first kappa shape index (κ1) is 19.8. The highest BCUT2D eigenvalue weighted by atomic mass is 16.2. The molecule has 0 aromatic heterocycles. The maximum atomic E-state index is 12.0. The number of rotatable bonds is 7. The number of carbonyl (C=O) groups excluding carboxylic acids is 3. The van der Waals surface area contributed by atoms with Gasteiger partial charge in [-0.15, -0.1) is 0 Å². The SMILES string of the molecule is CC.CC(C)CCC(C)(C)CC(=O)CN1C(=O)CCC1=O. The van der Waals surface area contributed by atoms with Crippen molar-refractivity contribution in [1.82, 2.24) is 4.90 Å². The third-order valence-electron chi connectivity index (χ3n) is 3.56. The number of imide groups is 1. The Balaban J connectivity index is 0.00000191. The predicted molar refractivity (Wildman–Crippen MR) is 84.8 cm³/mol. The van der Waals surface area contributed by atoms with E-state index in [1.165, 1.54) is 0 Å². The van der Waals surface area contributed by atoms with Crippen molar-refractivity contribution >= 4 is 17.6 Å². The van der Waals surface area contributed by atoms with E-state index in [1.54, 1.807) is 0 Å². The third kappa shape index (κ3) is 7.39. The fourth-order valence-corrected chi connectivity index (χ4v) is 2.33. The number of amides is 2. The molecule has 2 amide bonds. The fraction of sp³-hybridized carbons (Fsp3) is 0.824. The molecule has 0 atom stereocenters. The van der Waals surface area contributed by atoms with Crippen LogP contribution in [0.1, 0.15) is 73.6 Å². The minimum Gasteiger partial charge on any atom is -0.298 e. The Bertz CT molecular complexity index is 356. The lowest BCUT2D eigenvalue weighted by Crippen LogP contribution is -2.35. The third-order valence-corrected chi connectivity index (χ3v) is 3.56. The monoisotopic (exact) mass is 297 g/mol. The highest BCUT2D eigenvalue weighted by Gasteiger charge is 2.32. The molecule has 1 heterocycles. The average Bonchev–Trinajstić information content (AvgIpc) is 2.70. The van der Waals surface area contributed by atoms with Crippen LogP contribution in [0.4, 0.5) is 0 Å². The normalized spacial score (nSPS) is 15.3. The van der Waals surface area contributed by atoms with Crippen molar-refractivity contribution in [3.8, 4) is 0 Å². The molecular formula is C17H31NO3. The summed E-state index contributed by atoms with van der Waals surface area (Å²) in [6, 6.07) is 0. The van der Waals surface area contributed by atoms with Gasteiger partial charge >= 0.3 is 0 Å². The molecule has 0 saturated carbocycles. The number of hydrogen-bond donors (Lipinski definition) is 0. The van der Waals surface area contributed by atoms with E-state index >= 15 is 0 Å². The summed E-state index contributed by atoms with van der Waals surface area (Å²) in [6.07, 6.45) is 3.00. The predicted octanol–water partition coefficient (Wildman–Crippen LogP) is 3.58. The van der Waals surface area contributed by atoms with E-state index in [1.807, 2.05) is 13.8 Å². The number of hydrogen-bond acceptors (Lipinski definition) is 3. The number of nitrogens with zero attached hydrogens (tertiary/aromatic N) is 1. The lowest BCUT2D eigenvalue weighted by molar-refractivity contribution is -0.142. The topological polar surface area (TPSA) is 54.5 Å². The van der Waals surface area contributed by atoms with Gasteiger partial charge in [0.25, 0.3) is 0 Å². The molecule has 0 aromatic rings. The van der Waals surface area contributed by atoms with Crippen LogP contribution in [0.2, 0.25) is 0 Å². The Labute approximate surface area is 129 Å². The van der Waals surface area contributed by atoms with E-state index in [9.17, 15) is 14.4 Å². The molecule has 0 aliphatic carbocycles. The van der Waals surface area contributed by atoms with Crippen molar-refractivity contribution in [3.63, 3.8) is 0 Å². The first-order chi connectivity index (χ1) is 9.71. The molecule has 4 nitrogen and oxygen atoms in total. The molecule has 1 saturated heterocycles. The molecule has 0 N–H and O–H groups in total. The summed E-state index contributed by atoms with van der Waals surface area (Å²) in [5.41, 5.74) is -0.0623. The lowest BCUT2D eigenvalue weighted by atomic mass is 9.81. The summed E-state index contributed by atoms with van der Waals surface area (Å²) >= 11 is 0. The lowest BCUT2D eigenvalue weighted by Gasteiger charge is -2.25. The number of likely N-dealkylation sites (tertiary alicyclic amines) is 1. The summed E-state index contributed by atoms with van der Waals surface area (Å²) in [5, 5.41) is 0. The highest BCUT2D eigenvalue weighted by molar-refractivity contribution is 6.04. The molecule has 1 fully saturated rings. The average molecular weight is 297 g/mol. The van der Waals surface area contributed by atoms with Crippen LogP contribution in [0, 0.1) is 11.3 Å². The van der Waals surface area contributed by atoms with Crippen LogP contribution in [0.5, 0.6) is 0 Å². The summed E-state index contributed by atoms with van der Waals surface area (Å²) in [5.74, 6) is 0.185. The van der Waals surface area contributed by atoms with Gasteiger partial charge in [-0.1, -0.05) is 48.0 Å². The number of ketones is 1. The second-order valence-electron chi connectivity index (χ2n) is 6.69. The molecule has 1 aliphatic rings. The molecule has 0 spiro atoms. The first-order valence-electron chi connectivity index (χ1n) is 8.06. The van der Waals surface area contributed by atoms with Gasteiger partial charge < -0.3 is 0 Å². The van der Waals surface area contributed by atoms with Gasteiger partial charge in [-0.25, -0.2) is 0 Å². The zero-order valence-electron chi connectivity index (χ0n) is 14.5. The van der Waals surface area contributed by atoms with Crippen molar-refractivity contribution in [2.24, 2.45) is 11.3 Å². The van der Waals surface area contributed by atoms with Gasteiger partial charge in [0.1, 0.15) is 0 Å². The van der Waals surface area contributed by atoms with E-state index in [4.69, 9.17) is 0 Å². The minimum absolute atomic E-state index is 0.0163. The van der Waals surface area contributed by atoms with Gasteiger partial charge in [-0.2, -0.15) is 0 Å². The van der Waals surface area contributed by atoms with Crippen molar-refractivity contribution in [2.45, 2.75) is 73.6 Å². The van der Waals surface area contributed by atoms with Gasteiger partial charge in [0.2, 0.25) is 11.8 Å². The Morgan fingerprint density at radius 1 is 1.14 bits per heavy atom. The molecular weight excluding hydrogens is 266 g/mol. The fourth-order valence-electron chi connectivity index (χ4n) is 2.33. The second-order valence-corrected chi connectivity index (χ2v) is 6.69. The van der Waals surface area contributed by atoms with Crippen LogP contribution < -0.4 is 0 Å². The molecule has 1 rings (SSSR count). The first-order valence-corrected chi connectivity index (χ1v) is 8.06. The van der Waals surface area contributed by atoms with E-state index < -0.39 is 0 Å². The maximum Gasteiger partial charge on any atom is 0.230 e. The summed E-state index contributed by atoms with van der Waals surface area (Å²) < 4.78 is 0. The molecule has 0 unspecified atom stereocenters. The quantitative estimate of drug-likeness (QED) is 0.675. The van der Waals surface area contributed by atoms with Crippen LogP contribution in [-0.4, -0.2) is 29.0 Å². The van der Waals surface area contributed by atoms with E-state index in [2.05, 4.69) is 27.7 Å². The van der Waals surface area contributed by atoms with Gasteiger partial charge in [0.05, 0.1) is 6.54 Å². The molecule has 21 heavy (non-hydrogen) atoms. The molecule has 122 valence electrons. The van der Waals surface area contributed by atoms with Crippen molar-refractivity contribution in [1.29, 1.82) is 0 Å². The van der Waals surface area contributed by atoms with Crippen molar-refractivity contribution in [2.75, 3.05) is 6.54 Å². The zero-order valence-corrected chi connectivity index (χ0v) is 14.5. The van der Waals surface area contributed by atoms with Gasteiger partial charge in [-0.3, -0.25) is 19.3 Å². The smallest absolute Gasteiger partial charge is 0.230 e. The molecule has 1 aliphatic heterocycles. The van der Waals surface area contributed by atoms with E-state index in [0.29, 0.717) is 12.3 Å². The molecule has 0 bridgehead atoms. The van der Waals surface area contributed by atoms with Gasteiger partial charge in [0.15, 0.2) is 5.78 Å². The van der Waals surface area contributed by atoms with Gasteiger partial charge in [-0.05, 0) is 17.8 Å². The van der Waals surface area contributed by atoms with Crippen LogP contribution in [0.3, 0.4) is 0 Å². The Hall–Kier alpha value is -1.19. The number of Topliss-reactive ketones (excluding diaryl/α,β-unsaturated/α-hetero) is 1. The Morgan fingerprint density at radius 3 is 2.05 bits per heavy atom. The molecule has 0 radical (unpaired) electrons. The Kier molecular flexibility index (Phi) is 8.45. The summed E-state index contributed by atoms with van der Waals surface area (Å²) in [4.78, 5) is 36.0. The zero-order chi connectivity index (χ0) is 16.6. The maximum absolute atomic E-state index is 12.0. The van der Waals surface area contributed by atoms with Crippen LogP contribution >= 0.6 is 0 Å². The van der Waals surface area contributed by atoms with Crippen LogP contribution in [-0.2, 0) is 14.4 Å². The standard InChI is InChI=1S/C15H25NO3.C2H6/c1-11(2)7-8-15(3,4)9-12(17)10-16-13(18)5-6-14(16)19;1-2/h11H,5-10H2,1-4H3;1-2H3. The summed E-state index contributed by atoms with van der Waals surface area (Å²) in [6.45, 7) is 12.4. The van der Waals surface area contributed by atoms with Gasteiger partial charge in [0, 0.05) is 19.3 Å². The highest BCUT2D eigenvalue weighted by Crippen LogP contribution is 2.29. The largest absolute Gasteiger partial charge is 0.298 e. The van der Waals surface area contributed by atoms with E-state index in [0.717, 1.165) is 17.7 Å². The van der Waals surface area contributed by atoms with Crippen LogP contribution in [0.25, 0.3) is 0 Å². The van der Waals surface area contributed by atoms with Crippen LogP contribution in [0.15, 0.2) is 0 Å². The number of carbonyl (C=O) groups is 3.